The fraction of sp³-hybridized carbons (Fsp3) is 0.429. The molecule has 1 aliphatic rings. The van der Waals surface area contributed by atoms with Crippen LogP contribution in [0.3, 0.4) is 0 Å². The van der Waals surface area contributed by atoms with Crippen LogP contribution in [-0.2, 0) is 11.3 Å². The summed E-state index contributed by atoms with van der Waals surface area (Å²) in [5, 5.41) is 9.46. The van der Waals surface area contributed by atoms with Gasteiger partial charge in [0.05, 0.1) is 21.8 Å². The number of carboxylic acids is 1. The summed E-state index contributed by atoms with van der Waals surface area (Å²) in [5.74, 6) is -0.256. The summed E-state index contributed by atoms with van der Waals surface area (Å²) in [4.78, 5) is 15.2. The van der Waals surface area contributed by atoms with Crippen LogP contribution >= 0.6 is 23.4 Å². The van der Waals surface area contributed by atoms with E-state index in [9.17, 15) is 9.18 Å². The Balaban J connectivity index is 2.01. The minimum atomic E-state index is -0.900. The summed E-state index contributed by atoms with van der Waals surface area (Å²) in [5.41, 5.74) is 1.27. The summed E-state index contributed by atoms with van der Waals surface area (Å²) < 4.78 is 15.6. The standard InChI is InChI=1S/C14H14ClFN2O2S/c1-7-2-8(7)5-18-12-4-10(16)9(15)3-11(12)17-14(18)21-6-13(19)20/h3-4,7-8H,2,5-6H2,1H3,(H,19,20). The van der Waals surface area contributed by atoms with Gasteiger partial charge in [0, 0.05) is 12.6 Å². The molecule has 21 heavy (non-hydrogen) atoms. The van der Waals surface area contributed by atoms with E-state index in [1.165, 1.54) is 12.1 Å². The molecule has 112 valence electrons. The number of rotatable bonds is 5. The van der Waals surface area contributed by atoms with Crippen LogP contribution in [-0.4, -0.2) is 26.4 Å². The van der Waals surface area contributed by atoms with Crippen molar-refractivity contribution in [3.8, 4) is 0 Å². The van der Waals surface area contributed by atoms with Gasteiger partial charge in [-0.2, -0.15) is 0 Å². The van der Waals surface area contributed by atoms with Crippen molar-refractivity contribution in [2.24, 2.45) is 11.8 Å². The van der Waals surface area contributed by atoms with Gasteiger partial charge < -0.3 is 9.67 Å². The highest BCUT2D eigenvalue weighted by Gasteiger charge is 2.33. The number of aliphatic carboxylic acids is 1. The molecule has 1 fully saturated rings. The average molecular weight is 329 g/mol. The molecule has 0 amide bonds. The molecule has 1 aromatic heterocycles. The Morgan fingerprint density at radius 3 is 2.95 bits per heavy atom. The van der Waals surface area contributed by atoms with Crippen LogP contribution in [0.2, 0.25) is 5.02 Å². The first kappa shape index (κ1) is 14.7. The quantitative estimate of drug-likeness (QED) is 0.851. The average Bonchev–Trinajstić information content (AvgIpc) is 3.01. The second-order valence-electron chi connectivity index (χ2n) is 5.42. The van der Waals surface area contributed by atoms with Gasteiger partial charge >= 0.3 is 5.97 Å². The minimum absolute atomic E-state index is 0.0294. The molecule has 0 radical (unpaired) electrons. The van der Waals surface area contributed by atoms with E-state index in [-0.39, 0.29) is 10.8 Å². The van der Waals surface area contributed by atoms with Gasteiger partial charge in [-0.25, -0.2) is 9.37 Å². The van der Waals surface area contributed by atoms with Gasteiger partial charge in [-0.15, -0.1) is 0 Å². The number of hydrogen-bond acceptors (Lipinski definition) is 3. The lowest BCUT2D eigenvalue weighted by Gasteiger charge is -2.07. The van der Waals surface area contributed by atoms with E-state index in [0.717, 1.165) is 24.7 Å². The van der Waals surface area contributed by atoms with Crippen molar-refractivity contribution in [1.82, 2.24) is 9.55 Å². The third kappa shape index (κ3) is 3.01. The zero-order valence-electron chi connectivity index (χ0n) is 11.3. The normalized spacial score (nSPS) is 20.9. The molecule has 0 spiro atoms. The van der Waals surface area contributed by atoms with E-state index in [1.54, 1.807) is 0 Å². The molecule has 0 bridgehead atoms. The van der Waals surface area contributed by atoms with E-state index < -0.39 is 11.8 Å². The Labute approximate surface area is 130 Å². The van der Waals surface area contributed by atoms with Gasteiger partial charge in [-0.3, -0.25) is 4.79 Å². The topological polar surface area (TPSA) is 55.1 Å². The summed E-state index contributed by atoms with van der Waals surface area (Å²) in [6, 6.07) is 2.87. The number of benzene rings is 1. The Bertz CT molecular complexity index is 719. The predicted molar refractivity (Wildman–Crippen MR) is 80.3 cm³/mol. The maximum atomic E-state index is 13.7. The highest BCUT2D eigenvalue weighted by Crippen LogP contribution is 2.41. The molecule has 2 unspecified atom stereocenters. The molecule has 0 saturated heterocycles. The van der Waals surface area contributed by atoms with Crippen LogP contribution in [0.4, 0.5) is 4.39 Å². The fourth-order valence-electron chi connectivity index (χ4n) is 2.40. The molecule has 1 heterocycles. The monoisotopic (exact) mass is 328 g/mol. The Kier molecular flexibility index (Phi) is 3.84. The summed E-state index contributed by atoms with van der Waals surface area (Å²) in [7, 11) is 0. The molecule has 1 saturated carbocycles. The zero-order chi connectivity index (χ0) is 15.1. The lowest BCUT2D eigenvalue weighted by Crippen LogP contribution is -2.05. The van der Waals surface area contributed by atoms with Crippen molar-refractivity contribution in [1.29, 1.82) is 0 Å². The number of imidazole rings is 1. The molecule has 1 aliphatic carbocycles. The van der Waals surface area contributed by atoms with Gasteiger partial charge in [0.2, 0.25) is 0 Å². The van der Waals surface area contributed by atoms with Crippen molar-refractivity contribution in [3.63, 3.8) is 0 Å². The molecule has 7 heteroatoms. The van der Waals surface area contributed by atoms with Crippen LogP contribution in [0.25, 0.3) is 11.0 Å². The smallest absolute Gasteiger partial charge is 0.313 e. The molecule has 0 aliphatic heterocycles. The van der Waals surface area contributed by atoms with E-state index in [0.29, 0.717) is 28.0 Å². The largest absolute Gasteiger partial charge is 0.481 e. The lowest BCUT2D eigenvalue weighted by molar-refractivity contribution is -0.133. The van der Waals surface area contributed by atoms with Crippen LogP contribution < -0.4 is 0 Å². The molecule has 4 nitrogen and oxygen atoms in total. The molecule has 2 aromatic rings. The number of nitrogens with zero attached hydrogens (tertiary/aromatic N) is 2. The molecule has 1 aromatic carbocycles. The number of halogens is 2. The lowest BCUT2D eigenvalue weighted by atomic mass is 10.3. The summed E-state index contributed by atoms with van der Waals surface area (Å²) >= 11 is 6.94. The van der Waals surface area contributed by atoms with Crippen LogP contribution in [0.1, 0.15) is 13.3 Å². The zero-order valence-corrected chi connectivity index (χ0v) is 12.9. The fourth-order valence-corrected chi connectivity index (χ4v) is 3.30. The Morgan fingerprint density at radius 2 is 2.33 bits per heavy atom. The van der Waals surface area contributed by atoms with Crippen molar-refractivity contribution < 1.29 is 14.3 Å². The molecular weight excluding hydrogens is 315 g/mol. The number of fused-ring (bicyclic) bond motifs is 1. The first-order valence-electron chi connectivity index (χ1n) is 6.65. The first-order chi connectivity index (χ1) is 9.95. The molecule has 1 N–H and O–H groups in total. The third-order valence-corrected chi connectivity index (χ3v) is 5.02. The van der Waals surface area contributed by atoms with E-state index >= 15 is 0 Å². The first-order valence-corrected chi connectivity index (χ1v) is 8.02. The van der Waals surface area contributed by atoms with E-state index in [2.05, 4.69) is 11.9 Å². The predicted octanol–water partition coefficient (Wildman–Crippen LogP) is 3.66. The number of thioether (sulfide) groups is 1. The second kappa shape index (κ2) is 5.50. The molecule has 2 atom stereocenters. The van der Waals surface area contributed by atoms with Gasteiger partial charge in [-0.1, -0.05) is 30.3 Å². The van der Waals surface area contributed by atoms with E-state index in [1.807, 2.05) is 4.57 Å². The third-order valence-electron chi connectivity index (χ3n) is 3.77. The number of carboxylic acid groups (broad SMARTS) is 1. The molecule has 3 rings (SSSR count). The highest BCUT2D eigenvalue weighted by molar-refractivity contribution is 7.99. The second-order valence-corrected chi connectivity index (χ2v) is 6.77. The van der Waals surface area contributed by atoms with Crippen molar-refractivity contribution in [2.45, 2.75) is 25.0 Å². The molecular formula is C14H14ClFN2O2S. The Morgan fingerprint density at radius 1 is 1.62 bits per heavy atom. The van der Waals surface area contributed by atoms with Crippen molar-refractivity contribution in [3.05, 3.63) is 23.0 Å². The minimum Gasteiger partial charge on any atom is -0.481 e. The van der Waals surface area contributed by atoms with Crippen molar-refractivity contribution in [2.75, 3.05) is 5.75 Å². The summed E-state index contributed by atoms with van der Waals surface area (Å²) in [6.45, 7) is 2.91. The van der Waals surface area contributed by atoms with E-state index in [4.69, 9.17) is 16.7 Å². The van der Waals surface area contributed by atoms with Crippen LogP contribution in [0, 0.1) is 17.7 Å². The number of aromatic nitrogens is 2. The van der Waals surface area contributed by atoms with Gasteiger partial charge in [0.15, 0.2) is 5.16 Å². The highest BCUT2D eigenvalue weighted by atomic mass is 35.5. The maximum absolute atomic E-state index is 13.7. The summed E-state index contributed by atoms with van der Waals surface area (Å²) in [6.07, 6.45) is 1.14. The van der Waals surface area contributed by atoms with Crippen LogP contribution in [0.15, 0.2) is 17.3 Å². The number of hydrogen-bond donors (Lipinski definition) is 1. The Hall–Kier alpha value is -1.27. The van der Waals surface area contributed by atoms with Crippen LogP contribution in [0.5, 0.6) is 0 Å². The van der Waals surface area contributed by atoms with Crippen molar-refractivity contribution >= 4 is 40.4 Å². The van der Waals surface area contributed by atoms with Gasteiger partial charge in [0.1, 0.15) is 5.82 Å². The number of carbonyl (C=O) groups is 1. The van der Waals surface area contributed by atoms with Gasteiger partial charge in [0.25, 0.3) is 0 Å². The van der Waals surface area contributed by atoms with Gasteiger partial charge in [-0.05, 0) is 24.3 Å². The SMILES string of the molecule is CC1CC1Cn1c(SCC(=O)O)nc2cc(Cl)c(F)cc21. The maximum Gasteiger partial charge on any atom is 0.313 e.